The van der Waals surface area contributed by atoms with E-state index >= 15 is 0 Å². The molecule has 1 aromatic heterocycles. The molecule has 0 radical (unpaired) electrons. The first kappa shape index (κ1) is 13.2. The Labute approximate surface area is 115 Å². The average molecular weight is 289 g/mol. The molecule has 0 bridgehead atoms. The van der Waals surface area contributed by atoms with Gasteiger partial charge in [0, 0.05) is 33.1 Å². The zero-order valence-electron chi connectivity index (χ0n) is 9.99. The number of nitrogens with two attached hydrogens (primary N) is 1. The van der Waals surface area contributed by atoms with Crippen molar-refractivity contribution in [1.29, 1.82) is 0 Å². The van der Waals surface area contributed by atoms with Crippen LogP contribution in [0.15, 0.2) is 6.07 Å². The van der Waals surface area contributed by atoms with E-state index in [1.807, 2.05) is 4.90 Å². The lowest BCUT2D eigenvalue weighted by molar-refractivity contribution is -0.129. The Bertz CT molecular complexity index is 472. The minimum Gasteiger partial charge on any atom is -0.382 e. The van der Waals surface area contributed by atoms with Crippen LogP contribution < -0.4 is 10.6 Å². The van der Waals surface area contributed by atoms with Gasteiger partial charge in [-0.1, -0.05) is 23.2 Å². The molecule has 2 N–H and O–H groups in total. The molecule has 0 saturated carbocycles. The molecule has 1 saturated heterocycles. The lowest BCUT2D eigenvalue weighted by atomic mass is 10.3. The van der Waals surface area contributed by atoms with Gasteiger partial charge < -0.3 is 15.5 Å². The number of hydrogen-bond acceptors (Lipinski definition) is 4. The van der Waals surface area contributed by atoms with Crippen molar-refractivity contribution >= 4 is 40.7 Å². The Balaban J connectivity index is 2.15. The summed E-state index contributed by atoms with van der Waals surface area (Å²) in [5, 5.41) is 0.830. The standard InChI is InChI=1S/C11H14Cl2N4O/c1-7(18)16-2-4-17(5-3-16)11-9(13)6-8(12)10(14)15-11/h6H,2-5H2,1H3,(H2,14,15). The van der Waals surface area contributed by atoms with E-state index in [4.69, 9.17) is 28.9 Å². The number of aromatic nitrogens is 1. The largest absolute Gasteiger partial charge is 0.382 e. The minimum atomic E-state index is 0.0873. The van der Waals surface area contributed by atoms with Gasteiger partial charge in [-0.3, -0.25) is 4.79 Å². The second kappa shape index (κ2) is 5.20. The third-order valence-electron chi connectivity index (χ3n) is 2.96. The Kier molecular flexibility index (Phi) is 3.82. The summed E-state index contributed by atoms with van der Waals surface area (Å²) in [5.74, 6) is 0.983. The number of carbonyl (C=O) groups is 1. The normalized spacial score (nSPS) is 15.9. The molecule has 1 fully saturated rings. The van der Waals surface area contributed by atoms with E-state index in [-0.39, 0.29) is 11.7 Å². The number of hydrogen-bond donors (Lipinski definition) is 1. The van der Waals surface area contributed by atoms with Crippen molar-refractivity contribution in [1.82, 2.24) is 9.88 Å². The zero-order valence-corrected chi connectivity index (χ0v) is 11.5. The fraction of sp³-hybridized carbons (Fsp3) is 0.455. The fourth-order valence-electron chi connectivity index (χ4n) is 1.93. The van der Waals surface area contributed by atoms with Crippen LogP contribution in [0.1, 0.15) is 6.92 Å². The molecular weight excluding hydrogens is 275 g/mol. The average Bonchev–Trinajstić information content (AvgIpc) is 2.34. The zero-order chi connectivity index (χ0) is 13.3. The third kappa shape index (κ3) is 2.62. The van der Waals surface area contributed by atoms with E-state index in [1.54, 1.807) is 17.9 Å². The molecule has 5 nitrogen and oxygen atoms in total. The molecule has 98 valence electrons. The van der Waals surface area contributed by atoms with Gasteiger partial charge in [-0.05, 0) is 6.07 Å². The summed E-state index contributed by atoms with van der Waals surface area (Å²) in [4.78, 5) is 19.2. The number of halogens is 2. The molecule has 2 heterocycles. The van der Waals surface area contributed by atoms with E-state index in [1.165, 1.54) is 0 Å². The van der Waals surface area contributed by atoms with Crippen LogP contribution in [0.25, 0.3) is 0 Å². The molecule has 2 rings (SSSR count). The number of nitrogens with zero attached hydrogens (tertiary/aromatic N) is 3. The van der Waals surface area contributed by atoms with Crippen LogP contribution in [0, 0.1) is 0 Å². The number of piperazine rings is 1. The van der Waals surface area contributed by atoms with Gasteiger partial charge in [0.2, 0.25) is 5.91 Å². The van der Waals surface area contributed by atoms with E-state index < -0.39 is 0 Å². The summed E-state index contributed by atoms with van der Waals surface area (Å²) in [5.41, 5.74) is 5.68. The van der Waals surface area contributed by atoms with Crippen LogP contribution in [0.3, 0.4) is 0 Å². The summed E-state index contributed by atoms with van der Waals surface area (Å²) in [6.45, 7) is 4.27. The lowest BCUT2D eigenvalue weighted by Crippen LogP contribution is -2.48. The first-order chi connectivity index (χ1) is 8.49. The summed E-state index contributed by atoms with van der Waals surface area (Å²) >= 11 is 12.0. The molecule has 18 heavy (non-hydrogen) atoms. The molecule has 1 aliphatic heterocycles. The number of pyridine rings is 1. The van der Waals surface area contributed by atoms with Crippen molar-refractivity contribution in [3.8, 4) is 0 Å². The van der Waals surface area contributed by atoms with Crippen molar-refractivity contribution in [3.63, 3.8) is 0 Å². The van der Waals surface area contributed by atoms with Crippen LogP contribution in [-0.4, -0.2) is 42.0 Å². The van der Waals surface area contributed by atoms with E-state index in [0.717, 1.165) is 0 Å². The van der Waals surface area contributed by atoms with Crippen molar-refractivity contribution < 1.29 is 4.79 Å². The van der Waals surface area contributed by atoms with Crippen molar-refractivity contribution in [2.75, 3.05) is 36.8 Å². The SMILES string of the molecule is CC(=O)N1CCN(c2nc(N)c(Cl)cc2Cl)CC1. The van der Waals surface area contributed by atoms with Gasteiger partial charge in [0.15, 0.2) is 0 Å². The van der Waals surface area contributed by atoms with Gasteiger partial charge >= 0.3 is 0 Å². The second-order valence-electron chi connectivity index (χ2n) is 4.15. The van der Waals surface area contributed by atoms with Gasteiger partial charge in [0.1, 0.15) is 11.6 Å². The van der Waals surface area contributed by atoms with Gasteiger partial charge in [-0.15, -0.1) is 0 Å². The highest BCUT2D eigenvalue weighted by Gasteiger charge is 2.21. The molecule has 0 spiro atoms. The third-order valence-corrected chi connectivity index (χ3v) is 3.54. The van der Waals surface area contributed by atoms with Crippen molar-refractivity contribution in [2.24, 2.45) is 0 Å². The molecular formula is C11H14Cl2N4O. The second-order valence-corrected chi connectivity index (χ2v) is 4.97. The Hall–Kier alpha value is -1.20. The number of rotatable bonds is 1. The number of anilines is 2. The first-order valence-corrected chi connectivity index (χ1v) is 6.36. The molecule has 0 aromatic carbocycles. The molecule has 1 aromatic rings. The summed E-state index contributed by atoms with van der Waals surface area (Å²) in [7, 11) is 0. The molecule has 7 heteroatoms. The van der Waals surface area contributed by atoms with Gasteiger partial charge in [0.05, 0.1) is 10.0 Å². The molecule has 1 amide bonds. The fourth-order valence-corrected chi connectivity index (χ4v) is 2.40. The Morgan fingerprint density at radius 1 is 1.28 bits per heavy atom. The first-order valence-electron chi connectivity index (χ1n) is 5.61. The summed E-state index contributed by atoms with van der Waals surface area (Å²) in [6.07, 6.45) is 0. The highest BCUT2D eigenvalue weighted by Crippen LogP contribution is 2.30. The lowest BCUT2D eigenvalue weighted by Gasteiger charge is -2.35. The molecule has 0 atom stereocenters. The van der Waals surface area contributed by atoms with E-state index in [2.05, 4.69) is 4.98 Å². The van der Waals surface area contributed by atoms with Crippen molar-refractivity contribution in [2.45, 2.75) is 6.92 Å². The number of nitrogen functional groups attached to an aromatic ring is 1. The summed E-state index contributed by atoms with van der Waals surface area (Å²) in [6, 6.07) is 1.60. The topological polar surface area (TPSA) is 62.5 Å². The van der Waals surface area contributed by atoms with Crippen LogP contribution in [0.5, 0.6) is 0 Å². The predicted octanol–water partition coefficient (Wildman–Crippen LogP) is 1.64. The van der Waals surface area contributed by atoms with E-state index in [9.17, 15) is 4.79 Å². The molecule has 1 aliphatic rings. The minimum absolute atomic E-state index is 0.0873. The quantitative estimate of drug-likeness (QED) is 0.853. The van der Waals surface area contributed by atoms with Crippen LogP contribution >= 0.6 is 23.2 Å². The Morgan fingerprint density at radius 2 is 1.89 bits per heavy atom. The van der Waals surface area contributed by atoms with Gasteiger partial charge in [-0.25, -0.2) is 4.98 Å². The Morgan fingerprint density at radius 3 is 2.44 bits per heavy atom. The monoisotopic (exact) mass is 288 g/mol. The van der Waals surface area contributed by atoms with Crippen LogP contribution in [0.4, 0.5) is 11.6 Å². The maximum Gasteiger partial charge on any atom is 0.219 e. The number of carbonyl (C=O) groups excluding carboxylic acids is 1. The number of amides is 1. The predicted molar refractivity (Wildman–Crippen MR) is 73.1 cm³/mol. The van der Waals surface area contributed by atoms with Crippen LogP contribution in [0.2, 0.25) is 10.0 Å². The molecule has 0 unspecified atom stereocenters. The van der Waals surface area contributed by atoms with E-state index in [0.29, 0.717) is 42.0 Å². The summed E-state index contributed by atoms with van der Waals surface area (Å²) < 4.78 is 0. The maximum absolute atomic E-state index is 11.2. The highest BCUT2D eigenvalue weighted by atomic mass is 35.5. The smallest absolute Gasteiger partial charge is 0.219 e. The molecule has 0 aliphatic carbocycles. The maximum atomic E-state index is 11.2. The van der Waals surface area contributed by atoms with Gasteiger partial charge in [0.25, 0.3) is 0 Å². The van der Waals surface area contributed by atoms with Crippen LogP contribution in [-0.2, 0) is 4.79 Å². The van der Waals surface area contributed by atoms with Crippen molar-refractivity contribution in [3.05, 3.63) is 16.1 Å². The highest BCUT2D eigenvalue weighted by molar-refractivity contribution is 6.37. The van der Waals surface area contributed by atoms with Gasteiger partial charge in [-0.2, -0.15) is 0 Å².